The number of likely N-dealkylation sites (tertiary alicyclic amines) is 1. The normalized spacial score (nSPS) is 30.1. The molecule has 1 unspecified atom stereocenters. The molecule has 2 heteroatoms. The number of hydrogen-bond acceptors (Lipinski definition) is 2. The molecule has 1 N–H and O–H groups in total. The molecule has 1 saturated heterocycles. The van der Waals surface area contributed by atoms with Crippen molar-refractivity contribution in [2.45, 2.75) is 52.1 Å². The number of rotatable bonds is 1. The molecule has 1 atom stereocenters. The Kier molecular flexibility index (Phi) is 3.66. The van der Waals surface area contributed by atoms with Crippen LogP contribution in [0.1, 0.15) is 49.8 Å². The quantitative estimate of drug-likeness (QED) is 0.854. The Morgan fingerprint density at radius 2 is 1.86 bits per heavy atom. The minimum atomic E-state index is -0.671. The maximum Gasteiger partial charge on any atom is 0.0978 e. The van der Waals surface area contributed by atoms with E-state index in [-0.39, 0.29) is 5.41 Å². The molecule has 1 aliphatic heterocycles. The minimum absolute atomic E-state index is 0.0458. The third-order valence-electron chi connectivity index (χ3n) is 6.03. The fraction of sp³-hybridized carbons (Fsp3) is 0.684. The van der Waals surface area contributed by atoms with Gasteiger partial charge in [0, 0.05) is 0 Å². The first-order valence-corrected chi connectivity index (χ1v) is 8.35. The number of aryl methyl sites for hydroxylation is 2. The number of fused-ring (bicyclic) bond motifs is 1. The van der Waals surface area contributed by atoms with Crippen molar-refractivity contribution in [2.75, 3.05) is 20.1 Å². The SMILES string of the molecule is Cc1ccc2c(c1)CCC(C)(C)C2(O)C1CCN(C)CC1. The van der Waals surface area contributed by atoms with Gasteiger partial charge < -0.3 is 10.0 Å². The van der Waals surface area contributed by atoms with Gasteiger partial charge in [0.05, 0.1) is 5.60 Å². The second-order valence-corrected chi connectivity index (χ2v) is 7.89. The predicted octanol–water partition coefficient (Wildman–Crippen LogP) is 3.50. The molecule has 0 bridgehead atoms. The van der Waals surface area contributed by atoms with E-state index in [9.17, 15) is 5.11 Å². The average molecular weight is 287 g/mol. The molecule has 0 saturated carbocycles. The van der Waals surface area contributed by atoms with Gasteiger partial charge in [-0.25, -0.2) is 0 Å². The van der Waals surface area contributed by atoms with Gasteiger partial charge in [0.2, 0.25) is 0 Å². The van der Waals surface area contributed by atoms with Gasteiger partial charge in [-0.15, -0.1) is 0 Å². The fourth-order valence-electron chi connectivity index (χ4n) is 4.50. The molecule has 2 nitrogen and oxygen atoms in total. The summed E-state index contributed by atoms with van der Waals surface area (Å²) in [6, 6.07) is 6.65. The summed E-state index contributed by atoms with van der Waals surface area (Å²) in [5, 5.41) is 11.8. The molecule has 1 aliphatic carbocycles. The van der Waals surface area contributed by atoms with Crippen molar-refractivity contribution in [3.63, 3.8) is 0 Å². The Labute approximate surface area is 129 Å². The summed E-state index contributed by atoms with van der Waals surface area (Å²) in [7, 11) is 2.18. The Morgan fingerprint density at radius 3 is 2.52 bits per heavy atom. The molecule has 0 aromatic heterocycles. The lowest BCUT2D eigenvalue weighted by atomic mass is 9.56. The van der Waals surface area contributed by atoms with Crippen molar-refractivity contribution in [1.82, 2.24) is 4.90 Å². The molecule has 1 heterocycles. The molecule has 3 rings (SSSR count). The van der Waals surface area contributed by atoms with Crippen LogP contribution in [-0.2, 0) is 12.0 Å². The van der Waals surface area contributed by atoms with Crippen LogP contribution in [0.3, 0.4) is 0 Å². The molecule has 1 aromatic carbocycles. The number of hydrogen-bond donors (Lipinski definition) is 1. The van der Waals surface area contributed by atoms with E-state index in [4.69, 9.17) is 0 Å². The van der Waals surface area contributed by atoms with E-state index in [1.807, 2.05) is 0 Å². The van der Waals surface area contributed by atoms with Crippen molar-refractivity contribution < 1.29 is 5.11 Å². The highest BCUT2D eigenvalue weighted by molar-refractivity contribution is 5.40. The van der Waals surface area contributed by atoms with Crippen molar-refractivity contribution >= 4 is 0 Å². The monoisotopic (exact) mass is 287 g/mol. The van der Waals surface area contributed by atoms with Gasteiger partial charge in [-0.1, -0.05) is 37.6 Å². The second-order valence-electron chi connectivity index (χ2n) is 7.89. The van der Waals surface area contributed by atoms with Crippen molar-refractivity contribution in [3.05, 3.63) is 34.9 Å². The van der Waals surface area contributed by atoms with Crippen LogP contribution in [0, 0.1) is 18.3 Å². The largest absolute Gasteiger partial charge is 0.384 e. The van der Waals surface area contributed by atoms with Crippen LogP contribution in [0.15, 0.2) is 18.2 Å². The Hall–Kier alpha value is -0.860. The van der Waals surface area contributed by atoms with Gasteiger partial charge >= 0.3 is 0 Å². The molecule has 116 valence electrons. The minimum Gasteiger partial charge on any atom is -0.384 e. The zero-order valence-electron chi connectivity index (χ0n) is 13.9. The molecule has 21 heavy (non-hydrogen) atoms. The maximum atomic E-state index is 11.8. The lowest BCUT2D eigenvalue weighted by Crippen LogP contribution is -2.53. The van der Waals surface area contributed by atoms with E-state index in [0.717, 1.165) is 38.8 Å². The fourth-order valence-corrected chi connectivity index (χ4v) is 4.50. The van der Waals surface area contributed by atoms with Crippen LogP contribution in [0.4, 0.5) is 0 Å². The predicted molar refractivity (Wildman–Crippen MR) is 87.4 cm³/mol. The van der Waals surface area contributed by atoms with Crippen LogP contribution < -0.4 is 0 Å². The Balaban J connectivity index is 2.05. The highest BCUT2D eigenvalue weighted by Gasteiger charge is 2.53. The number of aliphatic hydroxyl groups is 1. The van der Waals surface area contributed by atoms with E-state index in [1.165, 1.54) is 16.7 Å². The summed E-state index contributed by atoms with van der Waals surface area (Å²) in [6.07, 6.45) is 4.37. The highest BCUT2D eigenvalue weighted by atomic mass is 16.3. The first-order chi connectivity index (χ1) is 9.84. The lowest BCUT2D eigenvalue weighted by Gasteiger charge is -2.53. The summed E-state index contributed by atoms with van der Waals surface area (Å²) in [5.41, 5.74) is 3.17. The van der Waals surface area contributed by atoms with E-state index in [0.29, 0.717) is 5.92 Å². The zero-order chi connectivity index (χ0) is 15.3. The smallest absolute Gasteiger partial charge is 0.0978 e. The standard InChI is InChI=1S/C19H29NO/c1-14-5-6-17-15(13-14)7-10-18(2,3)19(17,21)16-8-11-20(4)12-9-16/h5-6,13,16,21H,7-12H2,1-4H3. The third-order valence-corrected chi connectivity index (χ3v) is 6.03. The average Bonchev–Trinajstić information content (AvgIpc) is 2.44. The molecule has 0 amide bonds. The number of piperidine rings is 1. The van der Waals surface area contributed by atoms with Gasteiger partial charge in [0.15, 0.2) is 0 Å². The van der Waals surface area contributed by atoms with Crippen LogP contribution in [-0.4, -0.2) is 30.1 Å². The van der Waals surface area contributed by atoms with Gasteiger partial charge in [-0.05, 0) is 75.2 Å². The summed E-state index contributed by atoms with van der Waals surface area (Å²) in [4.78, 5) is 2.38. The topological polar surface area (TPSA) is 23.5 Å². The Morgan fingerprint density at radius 1 is 1.19 bits per heavy atom. The van der Waals surface area contributed by atoms with Gasteiger partial charge in [-0.3, -0.25) is 0 Å². The van der Waals surface area contributed by atoms with Crippen LogP contribution in [0.25, 0.3) is 0 Å². The van der Waals surface area contributed by atoms with E-state index >= 15 is 0 Å². The molecule has 1 aromatic rings. The number of nitrogens with zero attached hydrogens (tertiary/aromatic N) is 1. The summed E-state index contributed by atoms with van der Waals surface area (Å²) >= 11 is 0. The first kappa shape index (κ1) is 15.1. The summed E-state index contributed by atoms with van der Waals surface area (Å²) in [5.74, 6) is 0.380. The van der Waals surface area contributed by atoms with Crippen LogP contribution in [0.2, 0.25) is 0 Å². The molecule has 0 radical (unpaired) electrons. The third kappa shape index (κ3) is 2.33. The van der Waals surface area contributed by atoms with Gasteiger partial charge in [0.1, 0.15) is 0 Å². The van der Waals surface area contributed by atoms with Crippen LogP contribution >= 0.6 is 0 Å². The molecular formula is C19H29NO. The molecule has 2 aliphatic rings. The number of benzene rings is 1. The maximum absolute atomic E-state index is 11.8. The lowest BCUT2D eigenvalue weighted by molar-refractivity contribution is -0.142. The van der Waals surface area contributed by atoms with E-state index in [1.54, 1.807) is 0 Å². The van der Waals surface area contributed by atoms with Crippen molar-refractivity contribution in [1.29, 1.82) is 0 Å². The molecular weight excluding hydrogens is 258 g/mol. The van der Waals surface area contributed by atoms with Gasteiger partial charge in [0.25, 0.3) is 0 Å². The zero-order valence-corrected chi connectivity index (χ0v) is 13.9. The Bertz CT molecular complexity index is 528. The van der Waals surface area contributed by atoms with Crippen LogP contribution in [0.5, 0.6) is 0 Å². The van der Waals surface area contributed by atoms with Crippen molar-refractivity contribution in [2.24, 2.45) is 11.3 Å². The van der Waals surface area contributed by atoms with E-state index in [2.05, 4.69) is 50.9 Å². The molecule has 1 fully saturated rings. The highest BCUT2D eigenvalue weighted by Crippen LogP contribution is 2.54. The first-order valence-electron chi connectivity index (χ1n) is 8.35. The second kappa shape index (κ2) is 5.10. The summed E-state index contributed by atoms with van der Waals surface area (Å²) < 4.78 is 0. The van der Waals surface area contributed by atoms with E-state index < -0.39 is 5.60 Å². The molecule has 0 spiro atoms. The van der Waals surface area contributed by atoms with Gasteiger partial charge in [-0.2, -0.15) is 0 Å². The van der Waals surface area contributed by atoms with Crippen molar-refractivity contribution in [3.8, 4) is 0 Å². The summed E-state index contributed by atoms with van der Waals surface area (Å²) in [6.45, 7) is 8.87.